The Morgan fingerprint density at radius 3 is 0.925 bits per heavy atom. The van der Waals surface area contributed by atoms with Crippen LogP contribution in [0.2, 0.25) is 36.3 Å². The number of rotatable bonds is 16. The van der Waals surface area contributed by atoms with Crippen LogP contribution in [0.5, 0.6) is 0 Å². The standard InChI is InChI=1S/C14H16Cl9F13Si4/c1-8(24)9(25,26)10(27,28)11(29,30)12(31,32)13(33,34)14(35,36)37(2-5-38(15,16)17,3-6-39(18,19)20)4-7-40(21,22)23/h8H,2-7H2,1H3. The second-order valence-electron chi connectivity index (χ2n) is 8.74. The third-order valence-corrected chi connectivity index (χ3v) is 20.1. The molecule has 0 aliphatic carbocycles. The molecule has 0 heterocycles. The monoisotopic (exact) mass is 858 g/mol. The van der Waals surface area contributed by atoms with Crippen molar-refractivity contribution in [2.24, 2.45) is 0 Å². The lowest BCUT2D eigenvalue weighted by Gasteiger charge is -2.47. The predicted molar refractivity (Wildman–Crippen MR) is 145 cm³/mol. The smallest absolute Gasteiger partial charge is 0.241 e. The molecule has 0 rings (SSSR count). The van der Waals surface area contributed by atoms with Gasteiger partial charge in [0.2, 0.25) is 0 Å². The molecule has 242 valence electrons. The first kappa shape index (κ1) is 42.6. The summed E-state index contributed by atoms with van der Waals surface area (Å²) < 4.78 is 187. The van der Waals surface area contributed by atoms with Crippen LogP contribution in [0.3, 0.4) is 0 Å². The highest BCUT2D eigenvalue weighted by atomic mass is 35.9. The minimum absolute atomic E-state index is 0.478. The lowest BCUT2D eigenvalue weighted by Crippen LogP contribution is -2.75. The van der Waals surface area contributed by atoms with E-state index in [0.29, 0.717) is 0 Å². The zero-order valence-electron chi connectivity index (χ0n) is 19.1. The summed E-state index contributed by atoms with van der Waals surface area (Å²) in [5.41, 5.74) is -6.42. The number of halogens is 22. The predicted octanol–water partition coefficient (Wildman–Crippen LogP) is 12.1. The van der Waals surface area contributed by atoms with Crippen molar-refractivity contribution >= 4 is 126 Å². The van der Waals surface area contributed by atoms with E-state index in [4.69, 9.17) is 99.7 Å². The quantitative estimate of drug-likeness (QED) is 0.0824. The second-order valence-corrected chi connectivity index (χ2v) is 41.3. The number of hydrogen-bond acceptors (Lipinski definition) is 0. The molecule has 0 fully saturated rings. The summed E-state index contributed by atoms with van der Waals surface area (Å²) >= 11 is 50.6. The zero-order valence-corrected chi connectivity index (χ0v) is 29.9. The average Bonchev–Trinajstić information content (AvgIpc) is 2.70. The highest BCUT2D eigenvalue weighted by Gasteiger charge is 2.92. The normalized spacial score (nSPS) is 16.9. The topological polar surface area (TPSA) is 0 Å². The molecule has 0 saturated heterocycles. The van der Waals surface area contributed by atoms with Gasteiger partial charge < -0.3 is 0 Å². The molecule has 0 aromatic carbocycles. The Kier molecular flexibility index (Phi) is 14.2. The molecule has 0 radical (unpaired) electrons. The molecule has 0 aromatic rings. The molecule has 0 N–H and O–H groups in total. The zero-order chi connectivity index (χ0) is 32.8. The molecule has 1 atom stereocenters. The van der Waals surface area contributed by atoms with E-state index < -0.39 is 111 Å². The highest BCUT2D eigenvalue weighted by Crippen LogP contribution is 2.63. The van der Waals surface area contributed by atoms with Crippen LogP contribution in [0, 0.1) is 0 Å². The Labute approximate surface area is 265 Å². The Morgan fingerprint density at radius 1 is 0.450 bits per heavy atom. The van der Waals surface area contributed by atoms with E-state index in [1.165, 1.54) is 0 Å². The van der Waals surface area contributed by atoms with Crippen molar-refractivity contribution in [1.82, 2.24) is 0 Å². The molecule has 1 unspecified atom stereocenters. The van der Waals surface area contributed by atoms with Crippen LogP contribution in [0.4, 0.5) is 57.1 Å². The minimum Gasteiger partial charge on any atom is -0.241 e. The first-order valence-corrected chi connectivity index (χ1v) is 28.5. The van der Waals surface area contributed by atoms with E-state index in [-0.39, 0.29) is 0 Å². The molecular weight excluding hydrogens is 847 g/mol. The van der Waals surface area contributed by atoms with Gasteiger partial charge in [-0.15, -0.1) is 99.7 Å². The summed E-state index contributed by atoms with van der Waals surface area (Å²) in [7, 11) is -5.86. The fraction of sp³-hybridized carbons (Fsp3) is 1.00. The van der Waals surface area contributed by atoms with E-state index in [2.05, 4.69) is 0 Å². The molecule has 40 heavy (non-hydrogen) atoms. The van der Waals surface area contributed by atoms with Gasteiger partial charge in [0.25, 0.3) is 5.55 Å². The summed E-state index contributed by atoms with van der Waals surface area (Å²) in [6.45, 7) is -0.478. The molecule has 0 aromatic heterocycles. The lowest BCUT2D eigenvalue weighted by atomic mass is 9.92. The average molecular weight is 863 g/mol. The number of hydrogen-bond donors (Lipinski definition) is 0. The third kappa shape index (κ3) is 9.09. The van der Waals surface area contributed by atoms with Crippen LogP contribution in [0.1, 0.15) is 6.92 Å². The van der Waals surface area contributed by atoms with Gasteiger partial charge in [-0.25, -0.2) is 13.2 Å². The van der Waals surface area contributed by atoms with Gasteiger partial charge in [0.1, 0.15) is 8.07 Å². The van der Waals surface area contributed by atoms with Crippen LogP contribution in [-0.4, -0.2) is 67.4 Å². The maximum Gasteiger partial charge on any atom is 0.384 e. The summed E-state index contributed by atoms with van der Waals surface area (Å²) in [4.78, 5) is 0. The molecule has 0 aliphatic rings. The molecule has 0 spiro atoms. The maximum atomic E-state index is 15.8. The lowest BCUT2D eigenvalue weighted by molar-refractivity contribution is -0.422. The third-order valence-electron chi connectivity index (χ3n) is 5.82. The number of alkyl halides is 13. The van der Waals surface area contributed by atoms with Gasteiger partial charge in [-0.2, -0.15) is 43.9 Å². The van der Waals surface area contributed by atoms with Crippen molar-refractivity contribution in [3.63, 3.8) is 0 Å². The van der Waals surface area contributed by atoms with Crippen LogP contribution in [-0.2, 0) is 0 Å². The van der Waals surface area contributed by atoms with E-state index >= 15 is 17.6 Å². The Hall–Kier alpha value is 2.57. The highest BCUT2D eigenvalue weighted by molar-refractivity contribution is 7.66. The summed E-state index contributed by atoms with van der Waals surface area (Å²) in [6.07, 6.45) is -4.32. The van der Waals surface area contributed by atoms with E-state index in [1.807, 2.05) is 0 Å². The first-order chi connectivity index (χ1) is 17.1. The van der Waals surface area contributed by atoms with Gasteiger partial charge in [0.05, 0.1) is 0 Å². The summed E-state index contributed by atoms with van der Waals surface area (Å²) in [5.74, 6) is -37.8. The first-order valence-electron chi connectivity index (χ1n) is 10.2. The minimum atomic E-state index is -7.96. The largest absolute Gasteiger partial charge is 0.384 e. The van der Waals surface area contributed by atoms with E-state index in [1.54, 1.807) is 0 Å². The molecule has 0 amide bonds. The second kappa shape index (κ2) is 13.4. The Bertz CT molecular complexity index is 816. The summed E-state index contributed by atoms with van der Waals surface area (Å²) in [6, 6.07) is -19.5. The van der Waals surface area contributed by atoms with E-state index in [0.717, 1.165) is 0 Å². The molecule has 0 nitrogen and oxygen atoms in total. The Morgan fingerprint density at radius 2 is 0.700 bits per heavy atom. The van der Waals surface area contributed by atoms with Crippen molar-refractivity contribution in [2.75, 3.05) is 0 Å². The van der Waals surface area contributed by atoms with E-state index in [9.17, 15) is 39.5 Å². The van der Waals surface area contributed by atoms with Gasteiger partial charge in [-0.1, -0.05) is 18.1 Å². The SMILES string of the molecule is CC(F)C(F)(F)C(F)(F)C(F)(F)C(F)(F)C(F)(F)C(F)(F)[Si](CC[Si](Cl)(Cl)Cl)(CC[Si](Cl)(Cl)Cl)CC[Si](Cl)(Cl)Cl. The van der Waals surface area contributed by atoms with Crippen molar-refractivity contribution in [1.29, 1.82) is 0 Å². The van der Waals surface area contributed by atoms with Gasteiger partial charge in [-0.05, 0) is 25.1 Å². The van der Waals surface area contributed by atoms with Gasteiger partial charge in [0.15, 0.2) is 6.17 Å². The summed E-state index contributed by atoms with van der Waals surface area (Å²) in [5, 5.41) is 0. The molecule has 0 aliphatic heterocycles. The maximum absolute atomic E-state index is 15.8. The fourth-order valence-corrected chi connectivity index (χ4v) is 22.7. The van der Waals surface area contributed by atoms with Crippen LogP contribution in [0.25, 0.3) is 0 Å². The van der Waals surface area contributed by atoms with Crippen molar-refractivity contribution < 1.29 is 57.1 Å². The molecule has 0 bridgehead atoms. The van der Waals surface area contributed by atoms with Crippen LogP contribution < -0.4 is 0 Å². The molecule has 0 saturated carbocycles. The van der Waals surface area contributed by atoms with Gasteiger partial charge in [0, 0.05) is 0 Å². The van der Waals surface area contributed by atoms with Crippen molar-refractivity contribution in [3.05, 3.63) is 0 Å². The van der Waals surface area contributed by atoms with Crippen LogP contribution >= 0.6 is 99.7 Å². The molecular formula is C14H16Cl9F13Si4. The molecule has 26 heteroatoms. The fourth-order valence-electron chi connectivity index (χ4n) is 3.37. The van der Waals surface area contributed by atoms with Crippen molar-refractivity contribution in [3.8, 4) is 0 Å². The van der Waals surface area contributed by atoms with Gasteiger partial charge >= 0.3 is 47.6 Å². The van der Waals surface area contributed by atoms with Gasteiger partial charge in [-0.3, -0.25) is 0 Å². The van der Waals surface area contributed by atoms with Crippen molar-refractivity contribution in [2.45, 2.75) is 84.5 Å². The van der Waals surface area contributed by atoms with Crippen LogP contribution in [0.15, 0.2) is 0 Å². The Balaban J connectivity index is 7.39.